The Labute approximate surface area is 174 Å². The summed E-state index contributed by atoms with van der Waals surface area (Å²) in [5.74, 6) is 0.649. The number of aryl methyl sites for hydroxylation is 1. The van der Waals surface area contributed by atoms with Crippen molar-refractivity contribution in [3.05, 3.63) is 53.5 Å². The predicted octanol–water partition coefficient (Wildman–Crippen LogP) is 3.40. The van der Waals surface area contributed by atoms with Gasteiger partial charge in [-0.15, -0.1) is 0 Å². The molecule has 1 fully saturated rings. The SMILES string of the molecule is CCn1nc2c(c1C)OC1(CCN(C(=O)c3ccc4cccnc4c3)CC1)CC2=O. The summed E-state index contributed by atoms with van der Waals surface area (Å²) in [5, 5.41) is 5.42. The summed E-state index contributed by atoms with van der Waals surface area (Å²) in [6.45, 7) is 5.75. The monoisotopic (exact) mass is 404 g/mol. The molecule has 1 spiro atoms. The molecule has 0 bridgehead atoms. The van der Waals surface area contributed by atoms with E-state index in [0.29, 0.717) is 55.9 Å². The largest absolute Gasteiger partial charge is 0.482 e. The number of rotatable bonds is 2. The maximum absolute atomic E-state index is 13.1. The number of hydrogen-bond acceptors (Lipinski definition) is 5. The van der Waals surface area contributed by atoms with Crippen molar-refractivity contribution in [3.8, 4) is 5.75 Å². The van der Waals surface area contributed by atoms with Crippen LogP contribution in [0, 0.1) is 6.92 Å². The second kappa shape index (κ2) is 6.93. The predicted molar refractivity (Wildman–Crippen MR) is 112 cm³/mol. The summed E-state index contributed by atoms with van der Waals surface area (Å²) in [4.78, 5) is 32.0. The molecule has 0 saturated carbocycles. The average molecular weight is 404 g/mol. The lowest BCUT2D eigenvalue weighted by Crippen LogP contribution is -2.52. The van der Waals surface area contributed by atoms with Crippen LogP contribution in [0.4, 0.5) is 0 Å². The van der Waals surface area contributed by atoms with Gasteiger partial charge in [-0.25, -0.2) is 0 Å². The van der Waals surface area contributed by atoms with Crippen LogP contribution >= 0.6 is 0 Å². The molecule has 1 aromatic carbocycles. The lowest BCUT2D eigenvalue weighted by molar-refractivity contribution is -0.00627. The Balaban J connectivity index is 1.33. The number of benzene rings is 1. The molecule has 0 radical (unpaired) electrons. The number of carbonyl (C=O) groups is 2. The maximum atomic E-state index is 13.1. The Morgan fingerprint density at radius 3 is 2.80 bits per heavy atom. The Bertz CT molecular complexity index is 1160. The Hall–Kier alpha value is -3.22. The van der Waals surface area contributed by atoms with E-state index in [9.17, 15) is 9.59 Å². The number of aromatic nitrogens is 3. The van der Waals surface area contributed by atoms with Crippen LogP contribution in [0.15, 0.2) is 36.5 Å². The first-order valence-electron chi connectivity index (χ1n) is 10.4. The van der Waals surface area contributed by atoms with Crippen molar-refractivity contribution >= 4 is 22.6 Å². The van der Waals surface area contributed by atoms with E-state index in [1.54, 1.807) is 6.20 Å². The minimum atomic E-state index is -0.543. The highest BCUT2D eigenvalue weighted by atomic mass is 16.5. The van der Waals surface area contributed by atoms with Crippen molar-refractivity contribution in [1.82, 2.24) is 19.7 Å². The van der Waals surface area contributed by atoms with E-state index >= 15 is 0 Å². The highest BCUT2D eigenvalue weighted by molar-refractivity contribution is 5.99. The van der Waals surface area contributed by atoms with E-state index in [4.69, 9.17) is 4.74 Å². The molecule has 154 valence electrons. The normalized spacial score (nSPS) is 17.8. The molecule has 4 heterocycles. The van der Waals surface area contributed by atoms with Gasteiger partial charge < -0.3 is 9.64 Å². The Kier molecular flexibility index (Phi) is 4.34. The second-order valence-electron chi connectivity index (χ2n) is 8.17. The quantitative estimate of drug-likeness (QED) is 0.654. The number of likely N-dealkylation sites (tertiary alicyclic amines) is 1. The first-order valence-corrected chi connectivity index (χ1v) is 10.4. The molecule has 5 rings (SSSR count). The third-order valence-electron chi connectivity index (χ3n) is 6.33. The molecular formula is C23H24N4O3. The van der Waals surface area contributed by atoms with Crippen LogP contribution < -0.4 is 4.74 Å². The van der Waals surface area contributed by atoms with Gasteiger partial charge in [0.2, 0.25) is 0 Å². The average Bonchev–Trinajstić information content (AvgIpc) is 3.09. The number of fused-ring (bicyclic) bond motifs is 2. The molecule has 0 atom stereocenters. The number of piperidine rings is 1. The smallest absolute Gasteiger partial charge is 0.253 e. The van der Waals surface area contributed by atoms with Gasteiger partial charge in [-0.05, 0) is 32.0 Å². The highest BCUT2D eigenvalue weighted by Gasteiger charge is 2.45. The lowest BCUT2D eigenvalue weighted by atomic mass is 9.83. The van der Waals surface area contributed by atoms with Crippen LogP contribution in [0.2, 0.25) is 0 Å². The van der Waals surface area contributed by atoms with Gasteiger partial charge in [-0.3, -0.25) is 19.3 Å². The number of hydrogen-bond donors (Lipinski definition) is 0. The number of pyridine rings is 1. The molecule has 7 nitrogen and oxygen atoms in total. The van der Waals surface area contributed by atoms with Gasteiger partial charge in [0.15, 0.2) is 17.2 Å². The van der Waals surface area contributed by atoms with Crippen molar-refractivity contribution in [2.75, 3.05) is 13.1 Å². The van der Waals surface area contributed by atoms with Gasteiger partial charge >= 0.3 is 0 Å². The number of Topliss-reactive ketones (excluding diaryl/α,β-unsaturated/α-hetero) is 1. The van der Waals surface area contributed by atoms with E-state index < -0.39 is 5.60 Å². The van der Waals surface area contributed by atoms with E-state index in [1.807, 2.05) is 53.8 Å². The van der Waals surface area contributed by atoms with E-state index in [0.717, 1.165) is 16.6 Å². The molecule has 2 aliphatic heterocycles. The lowest BCUT2D eigenvalue weighted by Gasteiger charge is -2.43. The van der Waals surface area contributed by atoms with Gasteiger partial charge in [-0.2, -0.15) is 5.10 Å². The van der Waals surface area contributed by atoms with Gasteiger partial charge in [0.25, 0.3) is 5.91 Å². The number of amides is 1. The number of carbonyl (C=O) groups excluding carboxylic acids is 2. The summed E-state index contributed by atoms with van der Waals surface area (Å²) in [7, 11) is 0. The number of ether oxygens (including phenoxy) is 1. The van der Waals surface area contributed by atoms with Crippen molar-refractivity contribution in [2.45, 2.75) is 45.3 Å². The minimum Gasteiger partial charge on any atom is -0.482 e. The van der Waals surface area contributed by atoms with Crippen LogP contribution in [0.1, 0.15) is 52.7 Å². The molecule has 3 aromatic rings. The topological polar surface area (TPSA) is 77.3 Å². The zero-order valence-corrected chi connectivity index (χ0v) is 17.2. The third kappa shape index (κ3) is 2.96. The Morgan fingerprint density at radius 2 is 2.03 bits per heavy atom. The van der Waals surface area contributed by atoms with E-state index in [1.165, 1.54) is 0 Å². The van der Waals surface area contributed by atoms with Crippen molar-refractivity contribution in [3.63, 3.8) is 0 Å². The maximum Gasteiger partial charge on any atom is 0.253 e. The van der Waals surface area contributed by atoms with Crippen LogP contribution in [0.5, 0.6) is 5.75 Å². The Morgan fingerprint density at radius 1 is 1.23 bits per heavy atom. The number of ketones is 1. The summed E-state index contributed by atoms with van der Waals surface area (Å²) in [6.07, 6.45) is 3.32. The van der Waals surface area contributed by atoms with Crippen molar-refractivity contribution < 1.29 is 14.3 Å². The molecule has 30 heavy (non-hydrogen) atoms. The van der Waals surface area contributed by atoms with Crippen LogP contribution in [0.25, 0.3) is 10.9 Å². The molecule has 2 aliphatic rings. The van der Waals surface area contributed by atoms with Gasteiger partial charge in [0.05, 0.1) is 17.6 Å². The summed E-state index contributed by atoms with van der Waals surface area (Å²) in [6, 6.07) is 9.50. The minimum absolute atomic E-state index is 0.00443. The molecule has 2 aromatic heterocycles. The fourth-order valence-corrected chi connectivity index (χ4v) is 4.55. The molecule has 0 N–H and O–H groups in total. The molecule has 7 heteroatoms. The van der Waals surface area contributed by atoms with Gasteiger partial charge in [-0.1, -0.05) is 12.1 Å². The zero-order chi connectivity index (χ0) is 20.9. The third-order valence-corrected chi connectivity index (χ3v) is 6.33. The zero-order valence-electron chi connectivity index (χ0n) is 17.2. The first kappa shape index (κ1) is 18.8. The molecular weight excluding hydrogens is 380 g/mol. The van der Waals surface area contributed by atoms with Crippen LogP contribution in [-0.2, 0) is 6.54 Å². The van der Waals surface area contributed by atoms with Crippen molar-refractivity contribution in [1.29, 1.82) is 0 Å². The van der Waals surface area contributed by atoms with Gasteiger partial charge in [0, 0.05) is 49.6 Å². The second-order valence-corrected chi connectivity index (χ2v) is 8.17. The van der Waals surface area contributed by atoms with Gasteiger partial charge in [0.1, 0.15) is 5.60 Å². The number of nitrogens with zero attached hydrogens (tertiary/aromatic N) is 4. The van der Waals surface area contributed by atoms with E-state index in [-0.39, 0.29) is 11.7 Å². The summed E-state index contributed by atoms with van der Waals surface area (Å²) >= 11 is 0. The van der Waals surface area contributed by atoms with Crippen LogP contribution in [-0.4, -0.2) is 50.0 Å². The molecule has 0 unspecified atom stereocenters. The molecule has 1 amide bonds. The highest BCUT2D eigenvalue weighted by Crippen LogP contribution is 2.41. The fourth-order valence-electron chi connectivity index (χ4n) is 4.55. The van der Waals surface area contributed by atoms with Crippen LogP contribution in [0.3, 0.4) is 0 Å². The fraction of sp³-hybridized carbons (Fsp3) is 0.391. The summed E-state index contributed by atoms with van der Waals surface area (Å²) in [5.41, 5.74) is 2.25. The van der Waals surface area contributed by atoms with E-state index in [2.05, 4.69) is 10.1 Å². The molecule has 0 aliphatic carbocycles. The standard InChI is InChI=1S/C23H24N4O3/c1-3-27-15(2)21-20(25-27)19(28)14-23(30-21)8-11-26(12-9-23)22(29)17-7-6-16-5-4-10-24-18(16)13-17/h4-7,10,13H,3,8-9,11-12,14H2,1-2H3. The molecule has 1 saturated heterocycles. The van der Waals surface area contributed by atoms with Crippen molar-refractivity contribution in [2.24, 2.45) is 0 Å². The summed E-state index contributed by atoms with van der Waals surface area (Å²) < 4.78 is 8.20. The first-order chi connectivity index (χ1) is 14.5.